The van der Waals surface area contributed by atoms with Gasteiger partial charge >= 0.3 is 6.09 Å². The first-order valence-corrected chi connectivity index (χ1v) is 9.73. The second-order valence-electron chi connectivity index (χ2n) is 7.17. The molecule has 0 fully saturated rings. The molecule has 0 spiro atoms. The highest BCUT2D eigenvalue weighted by atomic mass is 16.5. The highest BCUT2D eigenvalue weighted by Gasteiger charge is 2.19. The van der Waals surface area contributed by atoms with Crippen LogP contribution in [0, 0.1) is 0 Å². The molecule has 0 aliphatic heterocycles. The summed E-state index contributed by atoms with van der Waals surface area (Å²) in [6, 6.07) is 8.50. The summed E-state index contributed by atoms with van der Waals surface area (Å²) in [5.74, 6) is -0.221. The maximum atomic E-state index is 11.9. The number of carbonyl (C=O) groups is 2. The number of aliphatic hydroxyl groups is 1. The molecule has 0 aliphatic carbocycles. The van der Waals surface area contributed by atoms with Gasteiger partial charge < -0.3 is 15.2 Å². The zero-order valence-corrected chi connectivity index (χ0v) is 16.7. The Balaban J connectivity index is 2.47. The maximum absolute atomic E-state index is 11.9. The minimum atomic E-state index is -1.00. The third-order valence-electron chi connectivity index (χ3n) is 4.36. The van der Waals surface area contributed by atoms with Gasteiger partial charge in [-0.2, -0.15) is 0 Å². The van der Waals surface area contributed by atoms with E-state index >= 15 is 0 Å². The summed E-state index contributed by atoms with van der Waals surface area (Å²) in [4.78, 5) is 23.7. The van der Waals surface area contributed by atoms with Crippen LogP contribution in [-0.4, -0.2) is 28.6 Å². The number of Topliss-reactive ketones (excluding diaryl/α,β-unsaturated/α-hetero) is 1. The van der Waals surface area contributed by atoms with E-state index in [4.69, 9.17) is 4.74 Å². The molecule has 150 valence electrons. The Kier molecular flexibility index (Phi) is 10.4. The Hall–Kier alpha value is -2.14. The standard InChI is InChI=1S/C22H33NO4/c1-4-5-6-7-11-15-22(3,26)16-14-20(18(2)24)23-21(25)27-17-19-12-9-8-10-13-19/h8-10,12-14,16,20,26H,4-7,11,15,17H2,1-3H3,(H,23,25)/b16-14+. The van der Waals surface area contributed by atoms with Crippen LogP contribution in [0.5, 0.6) is 0 Å². The van der Waals surface area contributed by atoms with Crippen LogP contribution in [0.25, 0.3) is 0 Å². The lowest BCUT2D eigenvalue weighted by Gasteiger charge is -2.20. The number of carbonyl (C=O) groups excluding carboxylic acids is 2. The molecule has 0 aromatic heterocycles. The number of nitrogens with one attached hydrogen (secondary N) is 1. The number of ether oxygens (including phenoxy) is 1. The van der Waals surface area contributed by atoms with Crippen molar-refractivity contribution in [2.45, 2.75) is 77.5 Å². The Bertz CT molecular complexity index is 596. The summed E-state index contributed by atoms with van der Waals surface area (Å²) in [6.07, 6.45) is 8.66. The summed E-state index contributed by atoms with van der Waals surface area (Å²) >= 11 is 0. The number of ketones is 1. The molecule has 1 aromatic rings. The first-order valence-electron chi connectivity index (χ1n) is 9.73. The lowest BCUT2D eigenvalue weighted by atomic mass is 9.96. The van der Waals surface area contributed by atoms with E-state index in [0.717, 1.165) is 18.4 Å². The van der Waals surface area contributed by atoms with Crippen molar-refractivity contribution in [1.29, 1.82) is 0 Å². The smallest absolute Gasteiger partial charge is 0.408 e. The van der Waals surface area contributed by atoms with Crippen molar-refractivity contribution in [3.05, 3.63) is 48.0 Å². The first kappa shape index (κ1) is 22.9. The third-order valence-corrected chi connectivity index (χ3v) is 4.36. The second-order valence-corrected chi connectivity index (χ2v) is 7.17. The van der Waals surface area contributed by atoms with E-state index in [9.17, 15) is 14.7 Å². The molecule has 27 heavy (non-hydrogen) atoms. The van der Waals surface area contributed by atoms with Crippen molar-refractivity contribution in [2.75, 3.05) is 0 Å². The maximum Gasteiger partial charge on any atom is 0.408 e. The topological polar surface area (TPSA) is 75.6 Å². The van der Waals surface area contributed by atoms with E-state index < -0.39 is 17.7 Å². The normalized spacial score (nSPS) is 14.5. The second kappa shape index (κ2) is 12.3. The fourth-order valence-electron chi connectivity index (χ4n) is 2.65. The van der Waals surface area contributed by atoms with Crippen molar-refractivity contribution >= 4 is 11.9 Å². The Morgan fingerprint density at radius 3 is 2.48 bits per heavy atom. The quantitative estimate of drug-likeness (QED) is 0.415. The molecule has 5 nitrogen and oxygen atoms in total. The lowest BCUT2D eigenvalue weighted by molar-refractivity contribution is -0.117. The molecule has 0 radical (unpaired) electrons. The van der Waals surface area contributed by atoms with E-state index in [1.807, 2.05) is 30.3 Å². The van der Waals surface area contributed by atoms with Crippen LogP contribution in [0.15, 0.2) is 42.5 Å². The van der Waals surface area contributed by atoms with Crippen molar-refractivity contribution in [3.63, 3.8) is 0 Å². The van der Waals surface area contributed by atoms with Crippen LogP contribution in [0.1, 0.15) is 64.9 Å². The molecule has 0 saturated heterocycles. The van der Waals surface area contributed by atoms with Gasteiger partial charge in [0, 0.05) is 0 Å². The minimum absolute atomic E-state index is 0.135. The minimum Gasteiger partial charge on any atom is -0.445 e. The van der Waals surface area contributed by atoms with E-state index in [1.54, 1.807) is 13.0 Å². The van der Waals surface area contributed by atoms with Gasteiger partial charge in [0.2, 0.25) is 0 Å². The molecule has 0 aliphatic rings. The lowest BCUT2D eigenvalue weighted by Crippen LogP contribution is -2.39. The average molecular weight is 376 g/mol. The fraction of sp³-hybridized carbons (Fsp3) is 0.545. The number of amides is 1. The zero-order valence-electron chi connectivity index (χ0n) is 16.7. The fourth-order valence-corrected chi connectivity index (χ4v) is 2.65. The molecule has 0 bridgehead atoms. The van der Waals surface area contributed by atoms with Crippen molar-refractivity contribution in [3.8, 4) is 0 Å². The van der Waals surface area contributed by atoms with Gasteiger partial charge in [0.05, 0.1) is 5.60 Å². The monoisotopic (exact) mass is 375 g/mol. The van der Waals surface area contributed by atoms with Crippen LogP contribution >= 0.6 is 0 Å². The van der Waals surface area contributed by atoms with E-state index in [0.29, 0.717) is 6.42 Å². The predicted octanol–water partition coefficient (Wildman–Crippen LogP) is 4.54. The van der Waals surface area contributed by atoms with Crippen LogP contribution in [-0.2, 0) is 16.1 Å². The summed E-state index contributed by atoms with van der Waals surface area (Å²) in [7, 11) is 0. The number of hydrogen-bond acceptors (Lipinski definition) is 4. The van der Waals surface area contributed by atoms with Crippen LogP contribution < -0.4 is 5.32 Å². The molecule has 0 saturated carbocycles. The number of alkyl carbamates (subject to hydrolysis) is 1. The van der Waals surface area contributed by atoms with E-state index in [1.165, 1.54) is 32.3 Å². The van der Waals surface area contributed by atoms with E-state index in [2.05, 4.69) is 12.2 Å². The molecule has 1 amide bonds. The van der Waals surface area contributed by atoms with Gasteiger partial charge in [-0.1, -0.05) is 81.5 Å². The van der Waals surface area contributed by atoms with Gasteiger partial charge in [-0.05, 0) is 25.8 Å². The summed E-state index contributed by atoms with van der Waals surface area (Å²) < 4.78 is 5.14. The largest absolute Gasteiger partial charge is 0.445 e. The molecule has 1 rings (SSSR count). The van der Waals surface area contributed by atoms with Crippen molar-refractivity contribution in [1.82, 2.24) is 5.32 Å². The average Bonchev–Trinajstić information content (AvgIpc) is 2.64. The van der Waals surface area contributed by atoms with Crippen LogP contribution in [0.4, 0.5) is 4.79 Å². The molecule has 2 atom stereocenters. The summed E-state index contributed by atoms with van der Waals surface area (Å²) in [5.41, 5.74) is -0.135. The highest BCUT2D eigenvalue weighted by molar-refractivity contribution is 5.87. The van der Waals surface area contributed by atoms with Crippen LogP contribution in [0.3, 0.4) is 0 Å². The molecule has 2 N–H and O–H groups in total. The van der Waals surface area contributed by atoms with Gasteiger partial charge in [-0.25, -0.2) is 4.79 Å². The number of hydrogen-bond donors (Lipinski definition) is 2. The SMILES string of the molecule is CCCCCCCC(C)(O)/C=C/C(NC(=O)OCc1ccccc1)C(C)=O. The molecule has 1 aromatic carbocycles. The van der Waals surface area contributed by atoms with Gasteiger partial charge in [-0.15, -0.1) is 0 Å². The molecule has 2 unspecified atom stereocenters. The summed E-state index contributed by atoms with van der Waals surface area (Å²) in [5, 5.41) is 13.0. The third kappa shape index (κ3) is 10.6. The highest BCUT2D eigenvalue weighted by Crippen LogP contribution is 2.17. The van der Waals surface area contributed by atoms with Gasteiger partial charge in [0.25, 0.3) is 0 Å². The molecule has 0 heterocycles. The van der Waals surface area contributed by atoms with Gasteiger partial charge in [0.15, 0.2) is 5.78 Å². The zero-order chi connectivity index (χ0) is 20.1. The van der Waals surface area contributed by atoms with E-state index in [-0.39, 0.29) is 12.4 Å². The molecular weight excluding hydrogens is 342 g/mol. The molecule has 5 heteroatoms. The Labute approximate surface area is 162 Å². The van der Waals surface area contributed by atoms with Crippen LogP contribution in [0.2, 0.25) is 0 Å². The number of benzene rings is 1. The van der Waals surface area contributed by atoms with Crippen molar-refractivity contribution < 1.29 is 19.4 Å². The van der Waals surface area contributed by atoms with Crippen molar-refractivity contribution in [2.24, 2.45) is 0 Å². The Morgan fingerprint density at radius 2 is 1.85 bits per heavy atom. The number of unbranched alkanes of at least 4 members (excludes halogenated alkanes) is 4. The summed E-state index contributed by atoms with van der Waals surface area (Å²) in [6.45, 7) is 5.41. The number of rotatable bonds is 12. The Morgan fingerprint density at radius 1 is 1.19 bits per heavy atom. The first-order chi connectivity index (χ1) is 12.8. The van der Waals surface area contributed by atoms with Gasteiger partial charge in [-0.3, -0.25) is 4.79 Å². The van der Waals surface area contributed by atoms with Gasteiger partial charge in [0.1, 0.15) is 12.6 Å². The predicted molar refractivity (Wildman–Crippen MR) is 107 cm³/mol. The molecular formula is C22H33NO4.